The van der Waals surface area contributed by atoms with Crippen LogP contribution in [-0.2, 0) is 11.4 Å². The third kappa shape index (κ3) is 2.33. The van der Waals surface area contributed by atoms with Gasteiger partial charge in [-0.2, -0.15) is 5.10 Å². The summed E-state index contributed by atoms with van der Waals surface area (Å²) in [4.78, 5) is 10.4. The Labute approximate surface area is 146 Å². The van der Waals surface area contributed by atoms with Gasteiger partial charge in [0.2, 0.25) is 0 Å². The first-order chi connectivity index (χ1) is 12.2. The summed E-state index contributed by atoms with van der Waals surface area (Å²) in [6.07, 6.45) is 9.27. The number of aliphatic hydroxyl groups excluding tert-OH is 1. The lowest BCUT2D eigenvalue weighted by atomic mass is 9.74. The van der Waals surface area contributed by atoms with Gasteiger partial charge in [-0.25, -0.2) is 9.67 Å². The minimum absolute atomic E-state index is 0.259. The molecule has 2 aromatic heterocycles. The summed E-state index contributed by atoms with van der Waals surface area (Å²) in [6, 6.07) is 0.511. The van der Waals surface area contributed by atoms with Crippen molar-refractivity contribution in [3.63, 3.8) is 0 Å². The Kier molecular flexibility index (Phi) is 3.28. The standard InChI is InChI=1S/C18H23N5O2/c1-2-23-17-14(10-20-23)16(21-11-4-3-5-11)13(9-19-17)15-8-18(25-22-15)6-12(24)7-18/h9-12,24H,2-8H2,1H3,(H,19,21). The van der Waals surface area contributed by atoms with Crippen molar-refractivity contribution >= 4 is 22.4 Å². The van der Waals surface area contributed by atoms with Crippen LogP contribution >= 0.6 is 0 Å². The molecule has 2 saturated carbocycles. The zero-order chi connectivity index (χ0) is 17.0. The van der Waals surface area contributed by atoms with Crippen molar-refractivity contribution in [2.24, 2.45) is 5.16 Å². The number of hydrogen-bond acceptors (Lipinski definition) is 6. The van der Waals surface area contributed by atoms with E-state index < -0.39 is 0 Å². The van der Waals surface area contributed by atoms with Gasteiger partial charge in [-0.1, -0.05) is 5.16 Å². The summed E-state index contributed by atoms with van der Waals surface area (Å²) in [5, 5.41) is 23.2. The van der Waals surface area contributed by atoms with Crippen LogP contribution in [0.4, 0.5) is 5.69 Å². The molecule has 2 fully saturated rings. The van der Waals surface area contributed by atoms with Gasteiger partial charge in [-0.3, -0.25) is 0 Å². The van der Waals surface area contributed by atoms with Crippen LogP contribution in [0.1, 0.15) is 51.0 Å². The number of aryl methyl sites for hydroxylation is 1. The second-order valence-corrected chi connectivity index (χ2v) is 7.57. The maximum absolute atomic E-state index is 9.65. The third-order valence-corrected chi connectivity index (χ3v) is 5.78. The van der Waals surface area contributed by atoms with Gasteiger partial charge < -0.3 is 15.3 Å². The van der Waals surface area contributed by atoms with E-state index in [-0.39, 0.29) is 11.7 Å². The molecule has 2 N–H and O–H groups in total. The third-order valence-electron chi connectivity index (χ3n) is 5.78. The van der Waals surface area contributed by atoms with Gasteiger partial charge in [0.05, 0.1) is 29.1 Å². The van der Waals surface area contributed by atoms with Crippen molar-refractivity contribution in [1.82, 2.24) is 14.8 Å². The van der Waals surface area contributed by atoms with Gasteiger partial charge in [0, 0.05) is 43.6 Å². The maximum atomic E-state index is 9.65. The zero-order valence-corrected chi connectivity index (χ0v) is 14.4. The maximum Gasteiger partial charge on any atom is 0.159 e. The highest BCUT2D eigenvalue weighted by Gasteiger charge is 2.50. The summed E-state index contributed by atoms with van der Waals surface area (Å²) in [5.41, 5.74) is 3.61. The number of hydrogen-bond donors (Lipinski definition) is 2. The SMILES string of the molecule is CCn1ncc2c(NC3CCC3)c(C3=NOC4(C3)CC(O)C4)cnc21. The number of rotatable bonds is 4. The number of nitrogens with one attached hydrogen (secondary N) is 1. The average molecular weight is 341 g/mol. The van der Waals surface area contributed by atoms with Gasteiger partial charge in [-0.15, -0.1) is 0 Å². The summed E-state index contributed by atoms with van der Waals surface area (Å²) in [7, 11) is 0. The molecule has 2 aromatic rings. The first kappa shape index (κ1) is 15.1. The second-order valence-electron chi connectivity index (χ2n) is 7.57. The van der Waals surface area contributed by atoms with E-state index in [0.29, 0.717) is 18.9 Å². The van der Waals surface area contributed by atoms with E-state index in [1.54, 1.807) is 0 Å². The smallest absolute Gasteiger partial charge is 0.159 e. The topological polar surface area (TPSA) is 84.6 Å². The molecule has 0 radical (unpaired) electrons. The summed E-state index contributed by atoms with van der Waals surface area (Å²) >= 11 is 0. The van der Waals surface area contributed by atoms with Crippen molar-refractivity contribution < 1.29 is 9.94 Å². The molecule has 0 amide bonds. The number of pyridine rings is 1. The molecule has 7 nitrogen and oxygen atoms in total. The van der Waals surface area contributed by atoms with Gasteiger partial charge in [0.15, 0.2) is 5.65 Å². The molecular formula is C18H23N5O2. The molecule has 0 saturated heterocycles. The quantitative estimate of drug-likeness (QED) is 0.892. The predicted molar refractivity (Wildman–Crippen MR) is 94.7 cm³/mol. The highest BCUT2D eigenvalue weighted by atomic mass is 16.7. The molecular weight excluding hydrogens is 318 g/mol. The predicted octanol–water partition coefficient (Wildman–Crippen LogP) is 2.43. The molecule has 0 bridgehead atoms. The lowest BCUT2D eigenvalue weighted by Crippen LogP contribution is -2.47. The number of oxime groups is 1. The van der Waals surface area contributed by atoms with Gasteiger partial charge in [0.25, 0.3) is 0 Å². The Bertz CT molecular complexity index is 849. The van der Waals surface area contributed by atoms with Crippen molar-refractivity contribution in [3.05, 3.63) is 18.0 Å². The molecule has 2 aliphatic carbocycles. The van der Waals surface area contributed by atoms with E-state index in [9.17, 15) is 5.11 Å². The molecule has 0 atom stereocenters. The van der Waals surface area contributed by atoms with E-state index in [4.69, 9.17) is 4.84 Å². The van der Waals surface area contributed by atoms with Crippen LogP contribution in [0.5, 0.6) is 0 Å². The van der Waals surface area contributed by atoms with Crippen molar-refractivity contribution in [3.8, 4) is 0 Å². The monoisotopic (exact) mass is 341 g/mol. The molecule has 5 rings (SSSR count). The van der Waals surface area contributed by atoms with Gasteiger partial charge in [0.1, 0.15) is 5.60 Å². The van der Waals surface area contributed by atoms with E-state index >= 15 is 0 Å². The fourth-order valence-electron chi connectivity index (χ4n) is 4.07. The van der Waals surface area contributed by atoms with Crippen LogP contribution in [0.2, 0.25) is 0 Å². The molecule has 7 heteroatoms. The van der Waals surface area contributed by atoms with Crippen molar-refractivity contribution in [2.75, 3.05) is 5.32 Å². The van der Waals surface area contributed by atoms with Crippen LogP contribution in [0.3, 0.4) is 0 Å². The molecule has 0 aromatic carbocycles. The average Bonchev–Trinajstić information content (AvgIpc) is 3.14. The first-order valence-corrected chi connectivity index (χ1v) is 9.22. The summed E-state index contributed by atoms with van der Waals surface area (Å²) in [5.74, 6) is 0. The number of anilines is 1. The van der Waals surface area contributed by atoms with E-state index in [1.165, 1.54) is 19.3 Å². The van der Waals surface area contributed by atoms with Crippen LogP contribution in [0, 0.1) is 0 Å². The van der Waals surface area contributed by atoms with E-state index in [1.807, 2.05) is 17.1 Å². The molecule has 0 unspecified atom stereocenters. The highest BCUT2D eigenvalue weighted by molar-refractivity contribution is 6.10. The van der Waals surface area contributed by atoms with Gasteiger partial charge >= 0.3 is 0 Å². The largest absolute Gasteiger partial charge is 0.393 e. The minimum Gasteiger partial charge on any atom is -0.393 e. The molecule has 1 spiro atoms. The highest BCUT2D eigenvalue weighted by Crippen LogP contribution is 2.44. The Morgan fingerprint density at radius 1 is 1.36 bits per heavy atom. The van der Waals surface area contributed by atoms with Crippen molar-refractivity contribution in [1.29, 1.82) is 0 Å². The number of fused-ring (bicyclic) bond motifs is 1. The lowest BCUT2D eigenvalue weighted by molar-refractivity contribution is -0.137. The lowest BCUT2D eigenvalue weighted by Gasteiger charge is -2.39. The van der Waals surface area contributed by atoms with Crippen LogP contribution in [0.15, 0.2) is 17.5 Å². The minimum atomic E-state index is -0.301. The summed E-state index contributed by atoms with van der Waals surface area (Å²) < 4.78 is 1.92. The Balaban J connectivity index is 1.54. The van der Waals surface area contributed by atoms with E-state index in [2.05, 4.69) is 27.5 Å². The number of aromatic nitrogens is 3. The van der Waals surface area contributed by atoms with E-state index in [0.717, 1.165) is 41.0 Å². The molecule has 1 aliphatic heterocycles. The summed E-state index contributed by atoms with van der Waals surface area (Å²) in [6.45, 7) is 2.87. The zero-order valence-electron chi connectivity index (χ0n) is 14.4. The first-order valence-electron chi connectivity index (χ1n) is 9.22. The normalized spacial score (nSPS) is 28.6. The molecule has 25 heavy (non-hydrogen) atoms. The van der Waals surface area contributed by atoms with Gasteiger partial charge in [-0.05, 0) is 26.2 Å². The molecule has 3 aliphatic rings. The number of nitrogens with zero attached hydrogens (tertiary/aromatic N) is 4. The Morgan fingerprint density at radius 3 is 2.88 bits per heavy atom. The molecule has 3 heterocycles. The second kappa shape index (κ2) is 5.42. The Morgan fingerprint density at radius 2 is 2.20 bits per heavy atom. The van der Waals surface area contributed by atoms with Crippen LogP contribution < -0.4 is 5.32 Å². The number of aliphatic hydroxyl groups is 1. The van der Waals surface area contributed by atoms with Crippen LogP contribution in [0.25, 0.3) is 11.0 Å². The molecule has 132 valence electrons. The fourth-order valence-corrected chi connectivity index (χ4v) is 4.07. The fraction of sp³-hybridized carbons (Fsp3) is 0.611. The Hall–Kier alpha value is -2.15. The van der Waals surface area contributed by atoms with Crippen LogP contribution in [-0.4, -0.2) is 43.3 Å². The van der Waals surface area contributed by atoms with Crippen molar-refractivity contribution in [2.45, 2.75) is 69.7 Å².